The van der Waals surface area contributed by atoms with Crippen LogP contribution in [0.1, 0.15) is 44.1 Å². The molecule has 1 aliphatic carbocycles. The molecular weight excluding hydrogens is 441 g/mol. The van der Waals surface area contributed by atoms with E-state index in [1.54, 1.807) is 20.8 Å². The molecule has 8 nitrogen and oxygen atoms in total. The smallest absolute Gasteiger partial charge is 0.443 e. The quantitative estimate of drug-likeness (QED) is 0.496. The number of nitrogens with zero attached hydrogens (tertiary/aromatic N) is 4. The molecule has 0 atom stereocenters. The molecule has 1 amide bonds. The van der Waals surface area contributed by atoms with Gasteiger partial charge < -0.3 is 9.47 Å². The van der Waals surface area contributed by atoms with Gasteiger partial charge in [0.2, 0.25) is 0 Å². The minimum absolute atomic E-state index is 0.00758. The fraction of sp³-hybridized carbons (Fsp3) is 0.364. The summed E-state index contributed by atoms with van der Waals surface area (Å²) in [4.78, 5) is 35.0. The highest BCUT2D eigenvalue weighted by Gasteiger charge is 2.39. The van der Waals surface area contributed by atoms with Crippen LogP contribution >= 0.6 is 0 Å². The van der Waals surface area contributed by atoms with Crippen LogP contribution in [0.3, 0.4) is 0 Å². The summed E-state index contributed by atoms with van der Waals surface area (Å²) in [5.41, 5.74) is -0.681. The monoisotopic (exact) mass is 462 g/mol. The van der Waals surface area contributed by atoms with Crippen LogP contribution in [0.2, 0.25) is 0 Å². The van der Waals surface area contributed by atoms with Gasteiger partial charge in [-0.15, -0.1) is 13.2 Å². The first-order valence-electron chi connectivity index (χ1n) is 10.2. The maximum atomic E-state index is 12.9. The van der Waals surface area contributed by atoms with Crippen molar-refractivity contribution in [3.05, 3.63) is 42.4 Å². The number of halogens is 3. The van der Waals surface area contributed by atoms with Crippen molar-refractivity contribution in [1.82, 2.24) is 14.4 Å². The Hall–Kier alpha value is -3.63. The maximum Gasteiger partial charge on any atom is 0.573 e. The summed E-state index contributed by atoms with van der Waals surface area (Å²) in [7, 11) is 0. The third kappa shape index (κ3) is 4.76. The molecule has 0 saturated heterocycles. The van der Waals surface area contributed by atoms with Gasteiger partial charge in [-0.2, -0.15) is 0 Å². The standard InChI is InChI=1S/C22H21F3N4O4/c1-21(2,3)33-20(31)29(13-8-9-13)18-19-27-17(15(12-30)28(19)11-10-26-18)14-6-4-5-7-16(14)32-22(23,24)25/h4-7,10-13H,8-9H2,1-3H3. The third-order valence-corrected chi connectivity index (χ3v) is 4.77. The van der Waals surface area contributed by atoms with Crippen LogP contribution in [0.4, 0.5) is 23.8 Å². The van der Waals surface area contributed by atoms with Crippen molar-refractivity contribution in [2.45, 2.75) is 51.6 Å². The second-order valence-corrected chi connectivity index (χ2v) is 8.53. The van der Waals surface area contributed by atoms with E-state index in [1.807, 2.05) is 0 Å². The molecule has 1 saturated carbocycles. The number of benzene rings is 1. The molecule has 4 rings (SSSR count). The molecule has 0 aliphatic heterocycles. The first-order valence-corrected chi connectivity index (χ1v) is 10.2. The number of para-hydroxylation sites is 1. The van der Waals surface area contributed by atoms with Gasteiger partial charge in [0.05, 0.1) is 0 Å². The SMILES string of the molecule is CC(C)(C)OC(=O)N(c1nccn2c(C=O)c(-c3ccccc3OC(F)(F)F)nc12)C1CC1. The molecule has 1 aromatic carbocycles. The van der Waals surface area contributed by atoms with Gasteiger partial charge >= 0.3 is 12.5 Å². The number of alkyl halides is 3. The summed E-state index contributed by atoms with van der Waals surface area (Å²) in [6.45, 7) is 5.21. The van der Waals surface area contributed by atoms with Crippen LogP contribution in [-0.4, -0.2) is 44.8 Å². The maximum absolute atomic E-state index is 12.9. The average molecular weight is 462 g/mol. The molecule has 3 aromatic rings. The lowest BCUT2D eigenvalue weighted by atomic mass is 10.1. The van der Waals surface area contributed by atoms with E-state index in [9.17, 15) is 22.8 Å². The zero-order valence-corrected chi connectivity index (χ0v) is 18.1. The van der Waals surface area contributed by atoms with Gasteiger partial charge in [0.1, 0.15) is 22.7 Å². The highest BCUT2D eigenvalue weighted by atomic mass is 19.4. The number of rotatable bonds is 5. The van der Waals surface area contributed by atoms with Crippen LogP contribution in [0.5, 0.6) is 5.75 Å². The molecule has 2 heterocycles. The Labute approximate surface area is 186 Å². The molecule has 0 bridgehead atoms. The van der Waals surface area contributed by atoms with E-state index in [0.717, 1.165) is 18.9 Å². The van der Waals surface area contributed by atoms with E-state index in [4.69, 9.17) is 4.74 Å². The Morgan fingerprint density at radius 2 is 1.91 bits per heavy atom. The molecule has 0 radical (unpaired) electrons. The van der Waals surface area contributed by atoms with Crippen LogP contribution < -0.4 is 9.64 Å². The minimum atomic E-state index is -4.93. The predicted molar refractivity (Wildman–Crippen MR) is 112 cm³/mol. The second-order valence-electron chi connectivity index (χ2n) is 8.53. The van der Waals surface area contributed by atoms with Gasteiger partial charge in [0.25, 0.3) is 0 Å². The van der Waals surface area contributed by atoms with Gasteiger partial charge in [-0.05, 0) is 45.7 Å². The summed E-state index contributed by atoms with van der Waals surface area (Å²) in [5, 5.41) is 0. The Bertz CT molecular complexity index is 1210. The molecule has 11 heteroatoms. The predicted octanol–water partition coefficient (Wildman–Crippen LogP) is 5.01. The van der Waals surface area contributed by atoms with Crippen molar-refractivity contribution >= 4 is 23.8 Å². The number of carbonyl (C=O) groups excluding carboxylic acids is 2. The zero-order valence-electron chi connectivity index (χ0n) is 18.1. The first kappa shape index (κ1) is 22.6. The number of hydrogen-bond donors (Lipinski definition) is 0. The number of hydrogen-bond acceptors (Lipinski definition) is 6. The Morgan fingerprint density at radius 1 is 1.21 bits per heavy atom. The fourth-order valence-electron chi connectivity index (χ4n) is 3.39. The topological polar surface area (TPSA) is 86.0 Å². The molecule has 0 N–H and O–H groups in total. The second kappa shape index (κ2) is 8.05. The Balaban J connectivity index is 1.87. The van der Waals surface area contributed by atoms with Crippen LogP contribution in [-0.2, 0) is 4.74 Å². The lowest BCUT2D eigenvalue weighted by molar-refractivity contribution is -0.274. The van der Waals surface area contributed by atoms with E-state index in [-0.39, 0.29) is 34.5 Å². The number of imidazole rings is 1. The van der Waals surface area contributed by atoms with Crippen molar-refractivity contribution in [3.8, 4) is 17.0 Å². The van der Waals surface area contributed by atoms with Crippen molar-refractivity contribution < 1.29 is 32.2 Å². The summed E-state index contributed by atoms with van der Waals surface area (Å²) < 4.78 is 49.8. The number of carbonyl (C=O) groups is 2. The average Bonchev–Trinajstić information content (AvgIpc) is 3.45. The van der Waals surface area contributed by atoms with Crippen LogP contribution in [0.25, 0.3) is 16.9 Å². The number of fused-ring (bicyclic) bond motifs is 1. The third-order valence-electron chi connectivity index (χ3n) is 4.77. The van der Waals surface area contributed by atoms with Crippen molar-refractivity contribution in [3.63, 3.8) is 0 Å². The molecule has 0 unspecified atom stereocenters. The molecule has 174 valence electrons. The molecular formula is C22H21F3N4O4. The summed E-state index contributed by atoms with van der Waals surface area (Å²) in [6, 6.07) is 5.24. The van der Waals surface area contributed by atoms with Gasteiger partial charge in [0, 0.05) is 24.0 Å². The van der Waals surface area contributed by atoms with Crippen molar-refractivity contribution in [2.24, 2.45) is 0 Å². The Morgan fingerprint density at radius 3 is 2.52 bits per heavy atom. The highest BCUT2D eigenvalue weighted by Crippen LogP contribution is 2.38. The first-order chi connectivity index (χ1) is 15.5. The number of aromatic nitrogens is 3. The van der Waals surface area contributed by atoms with E-state index in [0.29, 0.717) is 6.29 Å². The molecule has 33 heavy (non-hydrogen) atoms. The van der Waals surface area contributed by atoms with E-state index < -0.39 is 23.8 Å². The highest BCUT2D eigenvalue weighted by molar-refractivity contribution is 5.95. The van der Waals surface area contributed by atoms with Crippen molar-refractivity contribution in [2.75, 3.05) is 4.90 Å². The van der Waals surface area contributed by atoms with Gasteiger partial charge in [-0.1, -0.05) is 12.1 Å². The van der Waals surface area contributed by atoms with E-state index in [1.165, 1.54) is 39.9 Å². The number of anilines is 1. The van der Waals surface area contributed by atoms with E-state index >= 15 is 0 Å². The van der Waals surface area contributed by atoms with E-state index in [2.05, 4.69) is 14.7 Å². The fourth-order valence-corrected chi connectivity index (χ4v) is 3.39. The van der Waals surface area contributed by atoms with Crippen molar-refractivity contribution in [1.29, 1.82) is 0 Å². The number of aldehydes is 1. The van der Waals surface area contributed by atoms with Gasteiger partial charge in [-0.3, -0.25) is 14.1 Å². The Kier molecular flexibility index (Phi) is 5.51. The summed E-state index contributed by atoms with van der Waals surface area (Å²) in [6.07, 6.45) is -0.758. The summed E-state index contributed by atoms with van der Waals surface area (Å²) in [5.74, 6) is -0.352. The normalized spacial score (nSPS) is 14.2. The minimum Gasteiger partial charge on any atom is -0.443 e. The molecule has 0 spiro atoms. The lowest BCUT2D eigenvalue weighted by Crippen LogP contribution is -2.39. The zero-order chi connectivity index (χ0) is 24.0. The van der Waals surface area contributed by atoms with Crippen LogP contribution in [0.15, 0.2) is 36.7 Å². The van der Waals surface area contributed by atoms with Gasteiger partial charge in [0.15, 0.2) is 17.8 Å². The molecule has 2 aromatic heterocycles. The largest absolute Gasteiger partial charge is 0.573 e. The molecule has 1 aliphatic rings. The number of amides is 1. The number of ether oxygens (including phenoxy) is 2. The summed E-state index contributed by atoms with van der Waals surface area (Å²) >= 11 is 0. The molecule has 1 fully saturated rings. The van der Waals surface area contributed by atoms with Crippen LogP contribution in [0, 0.1) is 0 Å². The van der Waals surface area contributed by atoms with Gasteiger partial charge in [-0.25, -0.2) is 14.8 Å². The lowest BCUT2D eigenvalue weighted by Gasteiger charge is -2.26.